The lowest BCUT2D eigenvalue weighted by molar-refractivity contribution is 0.165. The molecule has 0 unspecified atom stereocenters. The molecular weight excluding hydrogens is 266 g/mol. The van der Waals surface area contributed by atoms with Crippen molar-refractivity contribution in [1.82, 2.24) is 5.32 Å². The van der Waals surface area contributed by atoms with Crippen molar-refractivity contribution in [3.63, 3.8) is 0 Å². The minimum atomic E-state index is 0.481. The highest BCUT2D eigenvalue weighted by Gasteiger charge is 2.17. The molecule has 0 aromatic heterocycles. The van der Waals surface area contributed by atoms with E-state index in [1.54, 1.807) is 7.11 Å². The van der Waals surface area contributed by atoms with Crippen LogP contribution < -0.4 is 19.5 Å². The normalized spacial score (nSPS) is 14.4. The summed E-state index contributed by atoms with van der Waals surface area (Å²) >= 11 is 0. The minimum Gasteiger partial charge on any atom is -0.493 e. The van der Waals surface area contributed by atoms with Gasteiger partial charge in [0, 0.05) is 12.6 Å². The molecule has 1 N–H and O–H groups in total. The average molecular weight is 291 g/mol. The summed E-state index contributed by atoms with van der Waals surface area (Å²) in [7, 11) is 1.65. The highest BCUT2D eigenvalue weighted by molar-refractivity contribution is 5.64. The molecular formula is C17H25NO3. The zero-order valence-electron chi connectivity index (χ0n) is 13.4. The second-order valence-electron chi connectivity index (χ2n) is 5.44. The topological polar surface area (TPSA) is 39.7 Å². The summed E-state index contributed by atoms with van der Waals surface area (Å²) in [6.45, 7) is 8.52. The maximum absolute atomic E-state index is 5.67. The number of methoxy groups -OCH3 is 1. The van der Waals surface area contributed by atoms with Gasteiger partial charge in [0.05, 0.1) is 7.11 Å². The predicted octanol–water partition coefficient (Wildman–Crippen LogP) is 3.26. The third-order valence-corrected chi connectivity index (χ3v) is 3.41. The Morgan fingerprint density at radius 1 is 1.33 bits per heavy atom. The van der Waals surface area contributed by atoms with Gasteiger partial charge in [0.2, 0.25) is 5.75 Å². The highest BCUT2D eigenvalue weighted by Crippen LogP contribution is 2.40. The smallest absolute Gasteiger partial charge is 0.203 e. The molecule has 0 aliphatic carbocycles. The minimum absolute atomic E-state index is 0.481. The number of benzene rings is 1. The zero-order valence-corrected chi connectivity index (χ0v) is 13.4. The first kappa shape index (κ1) is 15.7. The Hall–Kier alpha value is -1.68. The fourth-order valence-electron chi connectivity index (χ4n) is 2.23. The average Bonchev–Trinajstić information content (AvgIpc) is 2.50. The first-order valence-corrected chi connectivity index (χ1v) is 7.54. The van der Waals surface area contributed by atoms with Gasteiger partial charge in [-0.15, -0.1) is 0 Å². The monoisotopic (exact) mass is 291 g/mol. The summed E-state index contributed by atoms with van der Waals surface area (Å²) < 4.78 is 16.7. The van der Waals surface area contributed by atoms with Crippen molar-refractivity contribution in [3.8, 4) is 17.2 Å². The molecule has 1 aromatic carbocycles. The van der Waals surface area contributed by atoms with E-state index in [0.717, 1.165) is 30.0 Å². The van der Waals surface area contributed by atoms with E-state index in [9.17, 15) is 0 Å². The molecule has 2 rings (SSSR count). The summed E-state index contributed by atoms with van der Waals surface area (Å²) in [6, 6.07) is 4.50. The maximum Gasteiger partial charge on any atom is 0.203 e. The van der Waals surface area contributed by atoms with Crippen LogP contribution in [0.1, 0.15) is 32.8 Å². The third-order valence-electron chi connectivity index (χ3n) is 3.41. The molecule has 4 nitrogen and oxygen atoms in total. The second kappa shape index (κ2) is 7.36. The lowest BCUT2D eigenvalue weighted by Crippen LogP contribution is -2.24. The van der Waals surface area contributed by atoms with Crippen LogP contribution in [0.25, 0.3) is 6.08 Å². The Kier molecular flexibility index (Phi) is 5.51. The first-order chi connectivity index (χ1) is 10.1. The van der Waals surface area contributed by atoms with Crippen LogP contribution in [0, 0.1) is 0 Å². The number of hydrogen-bond donors (Lipinski definition) is 1. The van der Waals surface area contributed by atoms with Crippen LogP contribution in [0.15, 0.2) is 17.7 Å². The van der Waals surface area contributed by atoms with E-state index >= 15 is 0 Å². The summed E-state index contributed by atoms with van der Waals surface area (Å²) in [4.78, 5) is 0. The Balaban J connectivity index is 2.26. The Labute approximate surface area is 127 Å². The summed E-state index contributed by atoms with van der Waals surface area (Å²) in [5.41, 5.74) is 2.43. The molecule has 1 aliphatic heterocycles. The van der Waals surface area contributed by atoms with Crippen molar-refractivity contribution in [3.05, 3.63) is 23.3 Å². The Bertz CT molecular complexity index is 492. The lowest BCUT2D eigenvalue weighted by atomic mass is 10.1. The standard InChI is InChI=1S/C17H25NO3/c1-5-13(11-18-12(2)3)8-14-9-15(19-4)17-16(10-14)20-6-7-21-17/h8-10,12,18H,5-7,11H2,1-4H3. The van der Waals surface area contributed by atoms with Crippen LogP contribution in [-0.4, -0.2) is 32.9 Å². The van der Waals surface area contributed by atoms with Crippen molar-refractivity contribution >= 4 is 6.08 Å². The van der Waals surface area contributed by atoms with Gasteiger partial charge in [-0.25, -0.2) is 0 Å². The fraction of sp³-hybridized carbons (Fsp3) is 0.529. The van der Waals surface area contributed by atoms with Gasteiger partial charge in [0.25, 0.3) is 0 Å². The summed E-state index contributed by atoms with van der Waals surface area (Å²) in [5.74, 6) is 2.20. The largest absolute Gasteiger partial charge is 0.493 e. The Morgan fingerprint density at radius 3 is 2.76 bits per heavy atom. The van der Waals surface area contributed by atoms with E-state index in [0.29, 0.717) is 25.0 Å². The van der Waals surface area contributed by atoms with E-state index in [1.165, 1.54) is 5.57 Å². The molecule has 1 aromatic rings. The fourth-order valence-corrected chi connectivity index (χ4v) is 2.23. The maximum atomic E-state index is 5.67. The van der Waals surface area contributed by atoms with Crippen molar-refractivity contribution in [1.29, 1.82) is 0 Å². The van der Waals surface area contributed by atoms with Crippen molar-refractivity contribution in [2.75, 3.05) is 26.9 Å². The van der Waals surface area contributed by atoms with Gasteiger partial charge in [-0.2, -0.15) is 0 Å². The van der Waals surface area contributed by atoms with Gasteiger partial charge in [0.1, 0.15) is 13.2 Å². The zero-order chi connectivity index (χ0) is 15.2. The number of ether oxygens (including phenoxy) is 3. The van der Waals surface area contributed by atoms with Crippen molar-refractivity contribution < 1.29 is 14.2 Å². The van der Waals surface area contributed by atoms with E-state index in [2.05, 4.69) is 32.2 Å². The number of rotatable bonds is 6. The molecule has 0 radical (unpaired) electrons. The predicted molar refractivity (Wildman–Crippen MR) is 85.4 cm³/mol. The molecule has 0 bridgehead atoms. The van der Waals surface area contributed by atoms with Gasteiger partial charge in [-0.3, -0.25) is 0 Å². The summed E-state index contributed by atoms with van der Waals surface area (Å²) in [5, 5.41) is 3.45. The van der Waals surface area contributed by atoms with Crippen LogP contribution in [0.5, 0.6) is 17.2 Å². The van der Waals surface area contributed by atoms with Gasteiger partial charge < -0.3 is 19.5 Å². The highest BCUT2D eigenvalue weighted by atomic mass is 16.6. The lowest BCUT2D eigenvalue weighted by Gasteiger charge is -2.21. The molecule has 1 heterocycles. The second-order valence-corrected chi connectivity index (χ2v) is 5.44. The number of nitrogens with one attached hydrogen (secondary N) is 1. The van der Waals surface area contributed by atoms with Gasteiger partial charge >= 0.3 is 0 Å². The van der Waals surface area contributed by atoms with Gasteiger partial charge in [0.15, 0.2) is 11.5 Å². The van der Waals surface area contributed by atoms with E-state index < -0.39 is 0 Å². The molecule has 0 saturated heterocycles. The van der Waals surface area contributed by atoms with Crippen molar-refractivity contribution in [2.45, 2.75) is 33.2 Å². The number of hydrogen-bond acceptors (Lipinski definition) is 4. The SMILES string of the molecule is CCC(=Cc1cc(OC)c2c(c1)OCCO2)CNC(C)C. The molecule has 0 fully saturated rings. The van der Waals surface area contributed by atoms with E-state index in [4.69, 9.17) is 14.2 Å². The molecule has 0 spiro atoms. The molecule has 0 saturated carbocycles. The molecule has 0 atom stereocenters. The quantitative estimate of drug-likeness (QED) is 0.873. The van der Waals surface area contributed by atoms with Crippen LogP contribution in [-0.2, 0) is 0 Å². The van der Waals surface area contributed by atoms with Crippen molar-refractivity contribution in [2.24, 2.45) is 0 Å². The van der Waals surface area contributed by atoms with Crippen LogP contribution >= 0.6 is 0 Å². The first-order valence-electron chi connectivity index (χ1n) is 7.54. The van der Waals surface area contributed by atoms with E-state index in [-0.39, 0.29) is 0 Å². The Morgan fingerprint density at radius 2 is 2.10 bits per heavy atom. The molecule has 0 amide bonds. The van der Waals surface area contributed by atoms with Crippen LogP contribution in [0.4, 0.5) is 0 Å². The van der Waals surface area contributed by atoms with Gasteiger partial charge in [-0.1, -0.05) is 32.4 Å². The molecule has 21 heavy (non-hydrogen) atoms. The van der Waals surface area contributed by atoms with E-state index in [1.807, 2.05) is 12.1 Å². The number of fused-ring (bicyclic) bond motifs is 1. The summed E-state index contributed by atoms with van der Waals surface area (Å²) in [6.07, 6.45) is 3.20. The van der Waals surface area contributed by atoms with Gasteiger partial charge in [-0.05, 0) is 24.1 Å². The third kappa shape index (κ3) is 4.14. The van der Waals surface area contributed by atoms with Crippen LogP contribution in [0.3, 0.4) is 0 Å². The molecule has 116 valence electrons. The molecule has 1 aliphatic rings. The van der Waals surface area contributed by atoms with Crippen LogP contribution in [0.2, 0.25) is 0 Å². The molecule has 4 heteroatoms.